The van der Waals surface area contributed by atoms with Crippen LogP contribution in [0.2, 0.25) is 0 Å². The Bertz CT molecular complexity index is 604. The maximum atomic E-state index is 13.9. The molecule has 3 rings (SSSR count). The zero-order valence-corrected chi connectivity index (χ0v) is 11.2. The number of piperidine rings is 1. The summed E-state index contributed by atoms with van der Waals surface area (Å²) >= 11 is 0. The number of rotatable bonds is 2. The summed E-state index contributed by atoms with van der Waals surface area (Å²) < 4.78 is 27.7. The van der Waals surface area contributed by atoms with Crippen LogP contribution in [0.25, 0.3) is 11.1 Å². The van der Waals surface area contributed by atoms with E-state index >= 15 is 0 Å². The monoisotopic (exact) mass is 273 g/mol. The van der Waals surface area contributed by atoms with Crippen molar-refractivity contribution < 1.29 is 8.78 Å². The molecule has 1 N–H and O–H groups in total. The van der Waals surface area contributed by atoms with Crippen LogP contribution < -0.4 is 5.32 Å². The standard InChI is InChI=1S/C17H17F2N/c18-15-10-13(12-5-7-20-8-6-12)9-14(11-15)16-3-1-2-4-17(16)19/h1-4,9-12,20H,5-8H2. The van der Waals surface area contributed by atoms with Crippen LogP contribution in [0.15, 0.2) is 42.5 Å². The fraction of sp³-hybridized carbons (Fsp3) is 0.294. The van der Waals surface area contributed by atoms with E-state index in [2.05, 4.69) is 5.32 Å². The van der Waals surface area contributed by atoms with Gasteiger partial charge in [0.1, 0.15) is 11.6 Å². The minimum Gasteiger partial charge on any atom is -0.317 e. The molecule has 0 aliphatic carbocycles. The van der Waals surface area contributed by atoms with Gasteiger partial charge >= 0.3 is 0 Å². The van der Waals surface area contributed by atoms with Gasteiger partial charge in [-0.25, -0.2) is 8.78 Å². The predicted molar refractivity (Wildman–Crippen MR) is 76.6 cm³/mol. The highest BCUT2D eigenvalue weighted by Crippen LogP contribution is 2.31. The van der Waals surface area contributed by atoms with E-state index in [4.69, 9.17) is 0 Å². The highest BCUT2D eigenvalue weighted by atomic mass is 19.1. The van der Waals surface area contributed by atoms with Crippen molar-refractivity contribution >= 4 is 0 Å². The molecule has 0 aromatic heterocycles. The quantitative estimate of drug-likeness (QED) is 0.868. The van der Waals surface area contributed by atoms with E-state index in [0.717, 1.165) is 31.5 Å². The Morgan fingerprint density at radius 1 is 0.950 bits per heavy atom. The van der Waals surface area contributed by atoms with E-state index < -0.39 is 0 Å². The van der Waals surface area contributed by atoms with Gasteiger partial charge in [0.25, 0.3) is 0 Å². The summed E-state index contributed by atoms with van der Waals surface area (Å²) in [6, 6.07) is 11.4. The molecule has 0 unspecified atom stereocenters. The first-order chi connectivity index (χ1) is 9.74. The van der Waals surface area contributed by atoms with Gasteiger partial charge in [0.15, 0.2) is 0 Å². The summed E-state index contributed by atoms with van der Waals surface area (Å²) in [5.74, 6) is -0.244. The summed E-state index contributed by atoms with van der Waals surface area (Å²) in [6.07, 6.45) is 2.00. The van der Waals surface area contributed by atoms with E-state index in [0.29, 0.717) is 17.0 Å². The van der Waals surface area contributed by atoms with Crippen molar-refractivity contribution in [2.24, 2.45) is 0 Å². The summed E-state index contributed by atoms with van der Waals surface area (Å²) in [7, 11) is 0. The van der Waals surface area contributed by atoms with Crippen molar-refractivity contribution in [1.29, 1.82) is 0 Å². The largest absolute Gasteiger partial charge is 0.317 e. The number of hydrogen-bond acceptors (Lipinski definition) is 1. The van der Waals surface area contributed by atoms with Crippen molar-refractivity contribution in [1.82, 2.24) is 5.32 Å². The molecule has 0 amide bonds. The third-order valence-corrected chi connectivity index (χ3v) is 3.92. The van der Waals surface area contributed by atoms with Crippen LogP contribution in [0.5, 0.6) is 0 Å². The van der Waals surface area contributed by atoms with Crippen molar-refractivity contribution in [2.75, 3.05) is 13.1 Å². The topological polar surface area (TPSA) is 12.0 Å². The lowest BCUT2D eigenvalue weighted by Crippen LogP contribution is -2.26. The highest BCUT2D eigenvalue weighted by Gasteiger charge is 2.17. The smallest absolute Gasteiger partial charge is 0.131 e. The Balaban J connectivity index is 2.00. The van der Waals surface area contributed by atoms with Gasteiger partial charge in [0.2, 0.25) is 0 Å². The molecule has 2 aromatic rings. The molecular formula is C17H17F2N. The van der Waals surface area contributed by atoms with Crippen molar-refractivity contribution in [3.05, 3.63) is 59.7 Å². The Labute approximate surface area is 117 Å². The molecule has 1 aliphatic heterocycles. The SMILES string of the molecule is Fc1cc(-c2ccccc2F)cc(C2CCNCC2)c1. The van der Waals surface area contributed by atoms with Gasteiger partial charge in [-0.2, -0.15) is 0 Å². The summed E-state index contributed by atoms with van der Waals surface area (Å²) in [6.45, 7) is 1.91. The molecule has 1 nitrogen and oxygen atoms in total. The molecule has 0 radical (unpaired) electrons. The van der Waals surface area contributed by atoms with Crippen LogP contribution in [-0.2, 0) is 0 Å². The maximum absolute atomic E-state index is 13.9. The normalized spacial score (nSPS) is 16.3. The molecule has 1 fully saturated rings. The second-order valence-electron chi connectivity index (χ2n) is 5.28. The van der Waals surface area contributed by atoms with Gasteiger partial charge in [0, 0.05) is 5.56 Å². The molecule has 20 heavy (non-hydrogen) atoms. The summed E-state index contributed by atoms with van der Waals surface area (Å²) in [4.78, 5) is 0. The minimum atomic E-state index is -0.311. The fourth-order valence-corrected chi connectivity index (χ4v) is 2.85. The first kappa shape index (κ1) is 13.3. The molecule has 0 atom stereocenters. The van der Waals surface area contributed by atoms with Gasteiger partial charge in [-0.05, 0) is 61.2 Å². The van der Waals surface area contributed by atoms with Gasteiger partial charge in [-0.15, -0.1) is 0 Å². The van der Waals surface area contributed by atoms with Gasteiger partial charge in [-0.1, -0.05) is 24.3 Å². The van der Waals surface area contributed by atoms with E-state index in [1.165, 1.54) is 12.1 Å². The molecular weight excluding hydrogens is 256 g/mol. The predicted octanol–water partition coefficient (Wildman–Crippen LogP) is 4.10. The first-order valence-corrected chi connectivity index (χ1v) is 7.00. The van der Waals surface area contributed by atoms with E-state index in [1.807, 2.05) is 6.07 Å². The molecule has 1 aliphatic rings. The van der Waals surface area contributed by atoms with Crippen LogP contribution in [0.3, 0.4) is 0 Å². The number of hydrogen-bond donors (Lipinski definition) is 1. The fourth-order valence-electron chi connectivity index (χ4n) is 2.85. The second kappa shape index (κ2) is 5.71. The molecule has 3 heteroatoms. The molecule has 0 saturated carbocycles. The number of nitrogens with one attached hydrogen (secondary N) is 1. The lowest BCUT2D eigenvalue weighted by Gasteiger charge is -2.23. The third-order valence-electron chi connectivity index (χ3n) is 3.92. The van der Waals surface area contributed by atoms with Crippen molar-refractivity contribution in [2.45, 2.75) is 18.8 Å². The Kier molecular flexibility index (Phi) is 3.79. The zero-order chi connectivity index (χ0) is 13.9. The lowest BCUT2D eigenvalue weighted by molar-refractivity contribution is 0.458. The zero-order valence-electron chi connectivity index (χ0n) is 11.2. The molecule has 0 spiro atoms. The van der Waals surface area contributed by atoms with Gasteiger partial charge in [-0.3, -0.25) is 0 Å². The molecule has 2 aromatic carbocycles. The average molecular weight is 273 g/mol. The van der Waals surface area contributed by atoms with Gasteiger partial charge in [0.05, 0.1) is 0 Å². The Morgan fingerprint density at radius 2 is 1.70 bits per heavy atom. The second-order valence-corrected chi connectivity index (χ2v) is 5.28. The molecule has 1 heterocycles. The van der Waals surface area contributed by atoms with Gasteiger partial charge < -0.3 is 5.32 Å². The number of halogens is 2. The van der Waals surface area contributed by atoms with E-state index in [9.17, 15) is 8.78 Å². The van der Waals surface area contributed by atoms with Crippen LogP contribution in [0, 0.1) is 11.6 Å². The van der Waals surface area contributed by atoms with E-state index in [1.54, 1.807) is 24.3 Å². The lowest BCUT2D eigenvalue weighted by atomic mass is 9.88. The van der Waals surface area contributed by atoms with Crippen molar-refractivity contribution in [3.8, 4) is 11.1 Å². The average Bonchev–Trinajstić information content (AvgIpc) is 2.48. The Morgan fingerprint density at radius 3 is 2.45 bits per heavy atom. The number of benzene rings is 2. The summed E-state index contributed by atoms with van der Waals surface area (Å²) in [5.41, 5.74) is 2.06. The molecule has 1 saturated heterocycles. The molecule has 0 bridgehead atoms. The molecule has 104 valence electrons. The highest BCUT2D eigenvalue weighted by molar-refractivity contribution is 5.65. The third kappa shape index (κ3) is 2.73. The Hall–Kier alpha value is -1.74. The van der Waals surface area contributed by atoms with Crippen LogP contribution in [0.1, 0.15) is 24.3 Å². The summed E-state index contributed by atoms with van der Waals surface area (Å²) in [5, 5.41) is 3.30. The van der Waals surface area contributed by atoms with Crippen molar-refractivity contribution in [3.63, 3.8) is 0 Å². The van der Waals surface area contributed by atoms with Crippen LogP contribution >= 0.6 is 0 Å². The van der Waals surface area contributed by atoms with Crippen LogP contribution in [-0.4, -0.2) is 13.1 Å². The minimum absolute atomic E-state index is 0.292. The maximum Gasteiger partial charge on any atom is 0.131 e. The van der Waals surface area contributed by atoms with E-state index in [-0.39, 0.29) is 11.6 Å². The van der Waals surface area contributed by atoms with Crippen LogP contribution in [0.4, 0.5) is 8.78 Å². The first-order valence-electron chi connectivity index (χ1n) is 7.00.